The van der Waals surface area contributed by atoms with E-state index in [2.05, 4.69) is 5.32 Å². The number of hydrogen-bond donors (Lipinski definition) is 2. The van der Waals surface area contributed by atoms with Gasteiger partial charge >= 0.3 is 0 Å². The summed E-state index contributed by atoms with van der Waals surface area (Å²) in [7, 11) is 0. The molecule has 0 aromatic heterocycles. The Kier molecular flexibility index (Phi) is 3.82. The number of aliphatic hydroxyl groups excluding tert-OH is 1. The predicted molar refractivity (Wildman–Crippen MR) is 59.9 cm³/mol. The maximum absolute atomic E-state index is 12.0. The molecule has 1 amide bonds. The van der Waals surface area contributed by atoms with Crippen LogP contribution in [0.25, 0.3) is 0 Å². The van der Waals surface area contributed by atoms with Gasteiger partial charge in [0.2, 0.25) is 5.91 Å². The summed E-state index contributed by atoms with van der Waals surface area (Å²) in [6.45, 7) is 2.61. The van der Waals surface area contributed by atoms with Crippen molar-refractivity contribution in [1.29, 1.82) is 0 Å². The second-order valence-electron chi connectivity index (χ2n) is 4.94. The normalized spacial score (nSPS) is 39.6. The van der Waals surface area contributed by atoms with Crippen molar-refractivity contribution in [3.05, 3.63) is 0 Å². The van der Waals surface area contributed by atoms with Gasteiger partial charge in [-0.1, -0.05) is 12.8 Å². The van der Waals surface area contributed by atoms with E-state index in [0.717, 1.165) is 32.1 Å². The molecule has 16 heavy (non-hydrogen) atoms. The Morgan fingerprint density at radius 3 is 2.69 bits per heavy atom. The highest BCUT2D eigenvalue weighted by Gasteiger charge is 2.33. The van der Waals surface area contributed by atoms with Gasteiger partial charge in [0.15, 0.2) is 0 Å². The van der Waals surface area contributed by atoms with Crippen LogP contribution in [0.2, 0.25) is 0 Å². The van der Waals surface area contributed by atoms with E-state index < -0.39 is 0 Å². The lowest BCUT2D eigenvalue weighted by molar-refractivity contribution is -0.128. The number of hydrogen-bond acceptors (Lipinski definition) is 3. The van der Waals surface area contributed by atoms with Gasteiger partial charge in [0.1, 0.15) is 0 Å². The van der Waals surface area contributed by atoms with E-state index in [1.807, 2.05) is 6.92 Å². The first kappa shape index (κ1) is 11.9. The molecule has 1 saturated carbocycles. The van der Waals surface area contributed by atoms with Crippen molar-refractivity contribution in [3.8, 4) is 0 Å². The van der Waals surface area contributed by atoms with Gasteiger partial charge in [-0.2, -0.15) is 0 Å². The van der Waals surface area contributed by atoms with Gasteiger partial charge in [0.05, 0.1) is 24.2 Å². The highest BCUT2D eigenvalue weighted by Crippen LogP contribution is 2.23. The highest BCUT2D eigenvalue weighted by molar-refractivity contribution is 5.79. The van der Waals surface area contributed by atoms with Gasteiger partial charge in [0, 0.05) is 6.61 Å². The van der Waals surface area contributed by atoms with Crippen LogP contribution in [0.1, 0.15) is 39.0 Å². The number of rotatable bonds is 2. The molecule has 4 unspecified atom stereocenters. The standard InChI is InChI=1S/C12H21NO3/c1-8-9(6-7-16-8)12(15)13-10-4-2-3-5-11(10)14/h8-11,14H,2-7H2,1H3,(H,13,15). The van der Waals surface area contributed by atoms with E-state index in [1.54, 1.807) is 0 Å². The van der Waals surface area contributed by atoms with Gasteiger partial charge in [-0.05, 0) is 26.2 Å². The van der Waals surface area contributed by atoms with Gasteiger partial charge in [-0.3, -0.25) is 4.79 Å². The summed E-state index contributed by atoms with van der Waals surface area (Å²) in [6, 6.07) is -0.0472. The molecule has 4 nitrogen and oxygen atoms in total. The molecule has 0 spiro atoms. The Bertz CT molecular complexity index is 257. The van der Waals surface area contributed by atoms with Gasteiger partial charge in [-0.25, -0.2) is 0 Å². The van der Waals surface area contributed by atoms with Crippen molar-refractivity contribution in [2.45, 2.75) is 57.3 Å². The van der Waals surface area contributed by atoms with Crippen LogP contribution in [-0.2, 0) is 9.53 Å². The average Bonchev–Trinajstić information content (AvgIpc) is 2.68. The summed E-state index contributed by atoms with van der Waals surface area (Å²) in [5.41, 5.74) is 0. The van der Waals surface area contributed by atoms with Crippen molar-refractivity contribution in [1.82, 2.24) is 5.32 Å². The van der Waals surface area contributed by atoms with Crippen molar-refractivity contribution >= 4 is 5.91 Å². The Hall–Kier alpha value is -0.610. The molecule has 1 aliphatic heterocycles. The second kappa shape index (κ2) is 5.15. The summed E-state index contributed by atoms with van der Waals surface area (Å²) in [4.78, 5) is 12.0. The number of nitrogens with one attached hydrogen (secondary N) is 1. The van der Waals surface area contributed by atoms with Crippen molar-refractivity contribution in [3.63, 3.8) is 0 Å². The summed E-state index contributed by atoms with van der Waals surface area (Å²) in [5.74, 6) is 0.0186. The van der Waals surface area contributed by atoms with Crippen molar-refractivity contribution in [2.75, 3.05) is 6.61 Å². The zero-order valence-corrected chi connectivity index (χ0v) is 9.82. The minimum absolute atomic E-state index is 0.0146. The fourth-order valence-corrected chi connectivity index (χ4v) is 2.65. The lowest BCUT2D eigenvalue weighted by Gasteiger charge is -2.29. The molecule has 4 atom stereocenters. The Labute approximate surface area is 96.4 Å². The fraction of sp³-hybridized carbons (Fsp3) is 0.917. The first-order valence-corrected chi connectivity index (χ1v) is 6.28. The molecular weight excluding hydrogens is 206 g/mol. The molecule has 2 N–H and O–H groups in total. The largest absolute Gasteiger partial charge is 0.391 e. The zero-order valence-electron chi connectivity index (χ0n) is 9.82. The van der Waals surface area contributed by atoms with Gasteiger partial charge in [0.25, 0.3) is 0 Å². The molecule has 2 aliphatic rings. The quantitative estimate of drug-likeness (QED) is 0.734. The number of ether oxygens (including phenoxy) is 1. The number of amides is 1. The molecule has 1 aliphatic carbocycles. The van der Waals surface area contributed by atoms with E-state index in [4.69, 9.17) is 4.74 Å². The molecule has 1 saturated heterocycles. The first-order chi connectivity index (χ1) is 7.68. The molecule has 0 aromatic carbocycles. The summed E-state index contributed by atoms with van der Waals surface area (Å²) in [5, 5.41) is 12.8. The molecule has 0 aromatic rings. The van der Waals surface area contributed by atoms with Crippen LogP contribution >= 0.6 is 0 Å². The fourth-order valence-electron chi connectivity index (χ4n) is 2.65. The first-order valence-electron chi connectivity index (χ1n) is 6.28. The summed E-state index contributed by atoms with van der Waals surface area (Å²) in [6.07, 6.45) is 4.32. The minimum atomic E-state index is -0.365. The smallest absolute Gasteiger partial charge is 0.226 e. The van der Waals surface area contributed by atoms with E-state index in [0.29, 0.717) is 6.61 Å². The number of aliphatic hydroxyl groups is 1. The molecular formula is C12H21NO3. The topological polar surface area (TPSA) is 58.6 Å². The Morgan fingerprint density at radius 1 is 1.31 bits per heavy atom. The maximum atomic E-state index is 12.0. The van der Waals surface area contributed by atoms with Crippen LogP contribution < -0.4 is 5.32 Å². The van der Waals surface area contributed by atoms with Crippen LogP contribution in [0.15, 0.2) is 0 Å². The van der Waals surface area contributed by atoms with E-state index in [1.165, 1.54) is 0 Å². The summed E-state index contributed by atoms with van der Waals surface area (Å²) >= 11 is 0. The molecule has 0 bridgehead atoms. The maximum Gasteiger partial charge on any atom is 0.226 e. The van der Waals surface area contributed by atoms with Crippen molar-refractivity contribution < 1.29 is 14.6 Å². The molecule has 2 fully saturated rings. The third kappa shape index (κ3) is 2.55. The third-order valence-corrected chi connectivity index (χ3v) is 3.77. The van der Waals surface area contributed by atoms with E-state index in [9.17, 15) is 9.90 Å². The highest BCUT2D eigenvalue weighted by atomic mass is 16.5. The Morgan fingerprint density at radius 2 is 2.06 bits per heavy atom. The lowest BCUT2D eigenvalue weighted by Crippen LogP contribution is -2.48. The van der Waals surface area contributed by atoms with Crippen LogP contribution in [0.5, 0.6) is 0 Å². The van der Waals surface area contributed by atoms with Gasteiger partial charge in [-0.15, -0.1) is 0 Å². The molecule has 4 heteroatoms. The number of carbonyl (C=O) groups excluding carboxylic acids is 1. The average molecular weight is 227 g/mol. The van der Waals surface area contributed by atoms with Crippen LogP contribution in [0, 0.1) is 5.92 Å². The number of carbonyl (C=O) groups is 1. The third-order valence-electron chi connectivity index (χ3n) is 3.77. The lowest BCUT2D eigenvalue weighted by atomic mass is 9.91. The molecule has 1 heterocycles. The molecule has 0 radical (unpaired) electrons. The van der Waals surface area contributed by atoms with E-state index >= 15 is 0 Å². The summed E-state index contributed by atoms with van der Waals surface area (Å²) < 4.78 is 5.38. The van der Waals surface area contributed by atoms with E-state index in [-0.39, 0.29) is 30.1 Å². The predicted octanol–water partition coefficient (Wildman–Crippen LogP) is 0.831. The Balaban J connectivity index is 1.86. The van der Waals surface area contributed by atoms with Crippen LogP contribution in [0.3, 0.4) is 0 Å². The molecule has 92 valence electrons. The monoisotopic (exact) mass is 227 g/mol. The SMILES string of the molecule is CC1OCCC1C(=O)NC1CCCCC1O. The van der Waals surface area contributed by atoms with Gasteiger partial charge < -0.3 is 15.2 Å². The second-order valence-corrected chi connectivity index (χ2v) is 4.94. The minimum Gasteiger partial charge on any atom is -0.391 e. The van der Waals surface area contributed by atoms with Crippen LogP contribution in [0.4, 0.5) is 0 Å². The van der Waals surface area contributed by atoms with Crippen LogP contribution in [-0.4, -0.2) is 35.9 Å². The molecule has 2 rings (SSSR count). The van der Waals surface area contributed by atoms with Crippen molar-refractivity contribution in [2.24, 2.45) is 5.92 Å². The zero-order chi connectivity index (χ0) is 11.5.